The van der Waals surface area contributed by atoms with Crippen molar-refractivity contribution >= 4 is 23.4 Å². The maximum absolute atomic E-state index is 13.9. The number of nitro benzene ring substituents is 1. The fourth-order valence-corrected chi connectivity index (χ4v) is 4.17. The summed E-state index contributed by atoms with van der Waals surface area (Å²) in [7, 11) is 3.03. The molecule has 1 aliphatic heterocycles. The van der Waals surface area contributed by atoms with E-state index in [1.54, 1.807) is 55.5 Å². The van der Waals surface area contributed by atoms with Gasteiger partial charge in [0.15, 0.2) is 11.3 Å². The molecule has 4 rings (SSSR count). The molecular formula is C26H23N3O7. The zero-order valence-electron chi connectivity index (χ0n) is 19.8. The summed E-state index contributed by atoms with van der Waals surface area (Å²) in [6, 6.07) is 16.6. The number of amides is 3. The third kappa shape index (κ3) is 4.13. The highest BCUT2D eigenvalue weighted by Gasteiger charge is 2.54. The number of hydrogen-bond acceptors (Lipinski definition) is 7. The summed E-state index contributed by atoms with van der Waals surface area (Å²) < 4.78 is 10.4. The number of ketones is 1. The van der Waals surface area contributed by atoms with Crippen LogP contribution < -0.4 is 14.8 Å². The number of aryl methyl sites for hydroxylation is 1. The second-order valence-electron chi connectivity index (χ2n) is 8.21. The third-order valence-electron chi connectivity index (χ3n) is 6.18. The van der Waals surface area contributed by atoms with Crippen LogP contribution in [0.2, 0.25) is 0 Å². The standard InChI is InChI=1S/C26H23N3O7/c1-16-4-5-17(14-22(16)29(33)34)23(30)15-28-24(31)26(27-25(28)32,18-6-10-20(35-2)11-7-18)19-8-12-21(36-3)13-9-19/h4-14H,15H2,1-3H3,(H,27,32). The van der Waals surface area contributed by atoms with Gasteiger partial charge < -0.3 is 14.8 Å². The molecule has 36 heavy (non-hydrogen) atoms. The Balaban J connectivity index is 1.73. The Labute approximate surface area is 206 Å². The van der Waals surface area contributed by atoms with Crippen molar-refractivity contribution in [2.75, 3.05) is 20.8 Å². The highest BCUT2D eigenvalue weighted by Crippen LogP contribution is 2.37. The second-order valence-corrected chi connectivity index (χ2v) is 8.21. The average Bonchev–Trinajstić information content (AvgIpc) is 3.14. The van der Waals surface area contributed by atoms with Gasteiger partial charge in [-0.25, -0.2) is 4.79 Å². The lowest BCUT2D eigenvalue weighted by atomic mass is 9.82. The molecule has 0 radical (unpaired) electrons. The van der Waals surface area contributed by atoms with E-state index < -0.39 is 34.7 Å². The number of rotatable bonds is 8. The first-order chi connectivity index (χ1) is 17.2. The van der Waals surface area contributed by atoms with Crippen molar-refractivity contribution < 1.29 is 28.8 Å². The van der Waals surface area contributed by atoms with E-state index in [0.29, 0.717) is 28.2 Å². The number of Topliss-reactive ketones (excluding diaryl/α,β-unsaturated/α-hetero) is 1. The molecule has 10 nitrogen and oxygen atoms in total. The van der Waals surface area contributed by atoms with Crippen molar-refractivity contribution in [2.45, 2.75) is 12.5 Å². The molecular weight excluding hydrogens is 466 g/mol. The van der Waals surface area contributed by atoms with Gasteiger partial charge >= 0.3 is 6.03 Å². The molecule has 10 heteroatoms. The maximum atomic E-state index is 13.9. The number of nitro groups is 1. The van der Waals surface area contributed by atoms with Crippen molar-refractivity contribution in [1.29, 1.82) is 0 Å². The van der Waals surface area contributed by atoms with Crippen LogP contribution >= 0.6 is 0 Å². The van der Waals surface area contributed by atoms with Gasteiger partial charge in [-0.2, -0.15) is 0 Å². The number of carbonyl (C=O) groups is 3. The summed E-state index contributed by atoms with van der Waals surface area (Å²) in [6.45, 7) is 0.973. The smallest absolute Gasteiger partial charge is 0.325 e. The van der Waals surface area contributed by atoms with Gasteiger partial charge in [0.05, 0.1) is 25.7 Å². The van der Waals surface area contributed by atoms with E-state index in [9.17, 15) is 24.5 Å². The number of imide groups is 1. The van der Waals surface area contributed by atoms with Gasteiger partial charge in [0.25, 0.3) is 11.6 Å². The van der Waals surface area contributed by atoms with E-state index in [-0.39, 0.29) is 11.3 Å². The van der Waals surface area contributed by atoms with Crippen LogP contribution in [-0.2, 0) is 10.3 Å². The zero-order chi connectivity index (χ0) is 26.0. The van der Waals surface area contributed by atoms with Crippen LogP contribution in [0.1, 0.15) is 27.0 Å². The molecule has 0 aliphatic carbocycles. The first-order valence-corrected chi connectivity index (χ1v) is 10.9. The predicted molar refractivity (Wildman–Crippen MR) is 129 cm³/mol. The summed E-state index contributed by atoms with van der Waals surface area (Å²) in [6.07, 6.45) is 0. The Morgan fingerprint density at radius 1 is 0.944 bits per heavy atom. The monoisotopic (exact) mass is 489 g/mol. The van der Waals surface area contributed by atoms with Gasteiger partial charge in [0.1, 0.15) is 11.5 Å². The molecule has 3 aromatic rings. The van der Waals surface area contributed by atoms with Crippen LogP contribution in [0, 0.1) is 17.0 Å². The minimum Gasteiger partial charge on any atom is -0.497 e. The Kier molecular flexibility index (Phi) is 6.43. The topological polar surface area (TPSA) is 128 Å². The molecule has 1 N–H and O–H groups in total. The number of nitrogens with one attached hydrogen (secondary N) is 1. The highest BCUT2D eigenvalue weighted by atomic mass is 16.6. The highest BCUT2D eigenvalue weighted by molar-refractivity contribution is 6.13. The molecule has 184 valence electrons. The summed E-state index contributed by atoms with van der Waals surface area (Å²) in [5.41, 5.74) is -0.469. The SMILES string of the molecule is COc1ccc(C2(c3ccc(OC)cc3)NC(=O)N(CC(=O)c3ccc(C)c([N+](=O)[O-])c3)C2=O)cc1. The van der Waals surface area contributed by atoms with E-state index in [1.165, 1.54) is 26.4 Å². The van der Waals surface area contributed by atoms with Gasteiger partial charge in [-0.3, -0.25) is 24.6 Å². The van der Waals surface area contributed by atoms with E-state index in [0.717, 1.165) is 11.0 Å². The Bertz CT molecular complexity index is 1300. The number of ether oxygens (including phenoxy) is 2. The lowest BCUT2D eigenvalue weighted by Gasteiger charge is -2.28. The quantitative estimate of drug-likeness (QED) is 0.222. The minimum atomic E-state index is -1.60. The van der Waals surface area contributed by atoms with Crippen molar-refractivity contribution in [3.05, 3.63) is 99.1 Å². The number of benzene rings is 3. The number of nitrogens with zero attached hydrogens (tertiary/aromatic N) is 2. The van der Waals surface area contributed by atoms with Crippen molar-refractivity contribution in [3.8, 4) is 11.5 Å². The van der Waals surface area contributed by atoms with E-state index >= 15 is 0 Å². The van der Waals surface area contributed by atoms with Crippen LogP contribution in [0.5, 0.6) is 11.5 Å². The summed E-state index contributed by atoms with van der Waals surface area (Å²) in [5, 5.41) is 14.0. The number of carbonyl (C=O) groups excluding carboxylic acids is 3. The zero-order valence-corrected chi connectivity index (χ0v) is 19.8. The van der Waals surface area contributed by atoms with E-state index in [1.807, 2.05) is 0 Å². The minimum absolute atomic E-state index is 0.0271. The molecule has 3 aromatic carbocycles. The van der Waals surface area contributed by atoms with Gasteiger partial charge in [0.2, 0.25) is 0 Å². The second kappa shape index (κ2) is 9.49. The average molecular weight is 489 g/mol. The molecule has 0 unspecified atom stereocenters. The van der Waals surface area contributed by atoms with Crippen LogP contribution in [0.3, 0.4) is 0 Å². The molecule has 0 saturated carbocycles. The molecule has 0 bridgehead atoms. The summed E-state index contributed by atoms with van der Waals surface area (Å²) >= 11 is 0. The molecule has 1 heterocycles. The third-order valence-corrected chi connectivity index (χ3v) is 6.18. The van der Waals surface area contributed by atoms with Gasteiger partial charge in [0, 0.05) is 17.2 Å². The van der Waals surface area contributed by atoms with Crippen LogP contribution in [0.25, 0.3) is 0 Å². The molecule has 0 atom stereocenters. The fraction of sp³-hybridized carbons (Fsp3) is 0.192. The van der Waals surface area contributed by atoms with Gasteiger partial charge in [-0.1, -0.05) is 36.4 Å². The first-order valence-electron chi connectivity index (χ1n) is 10.9. The first kappa shape index (κ1) is 24.4. The molecule has 1 aliphatic rings. The summed E-state index contributed by atoms with van der Waals surface area (Å²) in [4.78, 5) is 51.5. The van der Waals surface area contributed by atoms with Crippen molar-refractivity contribution in [2.24, 2.45) is 0 Å². The largest absolute Gasteiger partial charge is 0.497 e. The lowest BCUT2D eigenvalue weighted by molar-refractivity contribution is -0.385. The van der Waals surface area contributed by atoms with Gasteiger partial charge in [-0.05, 0) is 42.3 Å². The van der Waals surface area contributed by atoms with Crippen molar-refractivity contribution in [3.63, 3.8) is 0 Å². The van der Waals surface area contributed by atoms with Crippen LogP contribution in [0.15, 0.2) is 66.7 Å². The lowest BCUT2D eigenvalue weighted by Crippen LogP contribution is -2.45. The fourth-order valence-electron chi connectivity index (χ4n) is 4.17. The number of urea groups is 1. The van der Waals surface area contributed by atoms with E-state index in [4.69, 9.17) is 9.47 Å². The number of methoxy groups -OCH3 is 2. The molecule has 1 saturated heterocycles. The van der Waals surface area contributed by atoms with Crippen LogP contribution in [-0.4, -0.2) is 48.3 Å². The maximum Gasteiger partial charge on any atom is 0.325 e. The predicted octanol–water partition coefficient (Wildman–Crippen LogP) is 3.60. The normalized spacial score (nSPS) is 14.4. The van der Waals surface area contributed by atoms with Gasteiger partial charge in [-0.15, -0.1) is 0 Å². The van der Waals surface area contributed by atoms with E-state index in [2.05, 4.69) is 5.32 Å². The summed E-state index contributed by atoms with van der Waals surface area (Å²) in [5.74, 6) is -0.138. The molecule has 1 fully saturated rings. The molecule has 0 aromatic heterocycles. The number of hydrogen-bond donors (Lipinski definition) is 1. The Morgan fingerprint density at radius 2 is 1.47 bits per heavy atom. The van der Waals surface area contributed by atoms with Crippen LogP contribution in [0.4, 0.5) is 10.5 Å². The van der Waals surface area contributed by atoms with Crippen molar-refractivity contribution in [1.82, 2.24) is 10.2 Å². The Hall–Kier alpha value is -4.73. The molecule has 0 spiro atoms. The molecule has 3 amide bonds. The Morgan fingerprint density at radius 3 is 1.94 bits per heavy atom.